The molecule has 40 heavy (non-hydrogen) atoms. The number of hydrogen-bond donors (Lipinski definition) is 3. The first kappa shape index (κ1) is 27.0. The Morgan fingerprint density at radius 1 is 1.15 bits per heavy atom. The van der Waals surface area contributed by atoms with E-state index in [4.69, 9.17) is 10.5 Å². The van der Waals surface area contributed by atoms with E-state index in [-0.39, 0.29) is 29.0 Å². The van der Waals surface area contributed by atoms with Crippen molar-refractivity contribution in [2.45, 2.75) is 25.2 Å². The summed E-state index contributed by atoms with van der Waals surface area (Å²) in [7, 11) is 0. The van der Waals surface area contributed by atoms with E-state index in [9.17, 15) is 27.5 Å². The zero-order valence-electron chi connectivity index (χ0n) is 20.6. The average Bonchev–Trinajstić information content (AvgIpc) is 3.55. The van der Waals surface area contributed by atoms with Gasteiger partial charge < -0.3 is 20.9 Å². The average molecular weight is 558 g/mol. The quantitative estimate of drug-likeness (QED) is 0.291. The van der Waals surface area contributed by atoms with Crippen molar-refractivity contribution in [2.24, 2.45) is 0 Å². The van der Waals surface area contributed by atoms with E-state index < -0.39 is 35.3 Å². The van der Waals surface area contributed by atoms with Crippen molar-refractivity contribution >= 4 is 17.4 Å². The van der Waals surface area contributed by atoms with Crippen molar-refractivity contribution in [1.29, 1.82) is 0 Å². The number of carbonyl (C=O) groups is 1. The van der Waals surface area contributed by atoms with Gasteiger partial charge in [-0.15, -0.1) is 0 Å². The maximum atomic E-state index is 15.0. The predicted molar refractivity (Wildman–Crippen MR) is 133 cm³/mol. The Hall–Kier alpha value is -4.63. The fraction of sp³-hybridized carbons (Fsp3) is 0.240. The number of rotatable bonds is 7. The van der Waals surface area contributed by atoms with Gasteiger partial charge in [-0.05, 0) is 30.7 Å². The monoisotopic (exact) mass is 558 g/mol. The molecule has 4 aromatic rings. The Labute approximate surface area is 224 Å². The van der Waals surface area contributed by atoms with Crippen LogP contribution >= 0.6 is 0 Å². The van der Waals surface area contributed by atoms with Crippen LogP contribution in [0, 0.1) is 5.82 Å². The third kappa shape index (κ3) is 5.69. The Morgan fingerprint density at radius 2 is 1.93 bits per heavy atom. The number of nitrogens with zero attached hydrogens (tertiary/aromatic N) is 6. The highest BCUT2D eigenvalue weighted by molar-refractivity contribution is 6.05. The number of ether oxygens (including phenoxy) is 1. The zero-order chi connectivity index (χ0) is 28.4. The number of benzene rings is 1. The molecular weight excluding hydrogens is 536 g/mol. The number of alkyl halides is 3. The van der Waals surface area contributed by atoms with E-state index in [0.29, 0.717) is 36.3 Å². The molecule has 3 aromatic heterocycles. The van der Waals surface area contributed by atoms with Crippen LogP contribution in [0.3, 0.4) is 0 Å². The number of aliphatic hydroxyl groups is 1. The number of β-amino-alcohol motifs (C(OH)–C–C–N with tert-alkyl or cyclic N) is 1. The number of amides is 1. The van der Waals surface area contributed by atoms with Crippen molar-refractivity contribution in [3.63, 3.8) is 0 Å². The number of aromatic nitrogens is 5. The third-order valence-corrected chi connectivity index (χ3v) is 6.11. The van der Waals surface area contributed by atoms with Gasteiger partial charge in [0.1, 0.15) is 11.6 Å². The Bertz CT molecular complexity index is 1530. The molecule has 1 aliphatic heterocycles. The van der Waals surface area contributed by atoms with E-state index in [0.717, 1.165) is 12.3 Å². The summed E-state index contributed by atoms with van der Waals surface area (Å²) in [6.07, 6.45) is -0.204. The molecule has 4 heterocycles. The van der Waals surface area contributed by atoms with Gasteiger partial charge in [-0.3, -0.25) is 9.69 Å². The number of nitrogen functional groups attached to an aromatic ring is 1. The highest BCUT2D eigenvalue weighted by Crippen LogP contribution is 2.35. The molecule has 15 heteroatoms. The van der Waals surface area contributed by atoms with Crippen LogP contribution in [0.4, 0.5) is 29.1 Å². The molecule has 4 N–H and O–H groups in total. The molecule has 1 saturated heterocycles. The van der Waals surface area contributed by atoms with E-state index in [1.165, 1.54) is 42.9 Å². The number of nitrogens with two attached hydrogens (primary N) is 1. The summed E-state index contributed by atoms with van der Waals surface area (Å²) < 4.78 is 62.7. The molecule has 11 nitrogen and oxygen atoms in total. The Kier molecular flexibility index (Phi) is 7.32. The minimum absolute atomic E-state index is 0.118. The molecule has 0 spiro atoms. The summed E-state index contributed by atoms with van der Waals surface area (Å²) in [4.78, 5) is 26.3. The highest BCUT2D eigenvalue weighted by atomic mass is 19.4. The molecule has 1 aliphatic rings. The zero-order valence-corrected chi connectivity index (χ0v) is 20.6. The first-order chi connectivity index (χ1) is 19.1. The minimum Gasteiger partial charge on any atom is -0.454 e. The maximum Gasteiger partial charge on any atom is 0.434 e. The van der Waals surface area contributed by atoms with E-state index in [1.54, 1.807) is 0 Å². The SMILES string of the molecule is Nc1nccc(Oc2ccc(NC(=O)c3cnn(-c4ncccn4)c3C(F)(F)F)cc2F)c1CN1CCC(O)C1. The Morgan fingerprint density at radius 3 is 2.60 bits per heavy atom. The number of anilines is 2. The van der Waals surface area contributed by atoms with E-state index in [1.807, 2.05) is 4.90 Å². The van der Waals surface area contributed by atoms with Crippen LogP contribution < -0.4 is 15.8 Å². The van der Waals surface area contributed by atoms with Gasteiger partial charge in [0.2, 0.25) is 0 Å². The van der Waals surface area contributed by atoms with Crippen molar-refractivity contribution in [2.75, 3.05) is 24.1 Å². The number of likely N-dealkylation sites (tertiary alicyclic amines) is 1. The van der Waals surface area contributed by atoms with E-state index in [2.05, 4.69) is 25.4 Å². The van der Waals surface area contributed by atoms with Gasteiger partial charge in [0.25, 0.3) is 11.9 Å². The standard InChI is InChI=1S/C25H22F4N8O3/c26-18-10-14(35-23(39)16-11-34-37(21(16)25(27,28)29)24-32-6-1-7-33-24)2-3-20(18)40-19-4-8-31-22(30)17(19)13-36-9-5-15(38)12-36/h1-4,6-8,10-11,15,38H,5,9,12-13H2,(H2,30,31)(H,35,39). The lowest BCUT2D eigenvalue weighted by molar-refractivity contribution is -0.143. The maximum absolute atomic E-state index is 15.0. The van der Waals surface area contributed by atoms with E-state index >= 15 is 0 Å². The fourth-order valence-electron chi connectivity index (χ4n) is 4.24. The number of nitrogens with one attached hydrogen (secondary N) is 1. The number of aliphatic hydroxyl groups excluding tert-OH is 1. The molecular formula is C25H22F4N8O3. The molecule has 0 saturated carbocycles. The Balaban J connectivity index is 1.35. The molecule has 0 bridgehead atoms. The largest absolute Gasteiger partial charge is 0.454 e. The summed E-state index contributed by atoms with van der Waals surface area (Å²) in [5.41, 5.74) is 4.23. The minimum atomic E-state index is -4.97. The smallest absolute Gasteiger partial charge is 0.434 e. The van der Waals surface area contributed by atoms with Crippen LogP contribution in [0.2, 0.25) is 0 Å². The first-order valence-electron chi connectivity index (χ1n) is 12.0. The van der Waals surface area contributed by atoms with Gasteiger partial charge in [0.15, 0.2) is 17.3 Å². The van der Waals surface area contributed by atoms with Crippen molar-refractivity contribution < 1.29 is 32.2 Å². The van der Waals surface area contributed by atoms with Crippen molar-refractivity contribution in [3.8, 4) is 17.4 Å². The molecule has 0 radical (unpaired) electrons. The van der Waals surface area contributed by atoms with Crippen LogP contribution in [-0.4, -0.2) is 59.8 Å². The second-order valence-corrected chi connectivity index (χ2v) is 8.92. The lowest BCUT2D eigenvalue weighted by Crippen LogP contribution is -2.22. The van der Waals surface area contributed by atoms with Crippen LogP contribution in [0.1, 0.15) is 28.0 Å². The molecule has 1 fully saturated rings. The lowest BCUT2D eigenvalue weighted by atomic mass is 10.2. The molecule has 0 aliphatic carbocycles. The summed E-state index contributed by atoms with van der Waals surface area (Å²) in [5, 5.41) is 15.7. The second-order valence-electron chi connectivity index (χ2n) is 8.92. The van der Waals surface area contributed by atoms with Gasteiger partial charge in [-0.25, -0.2) is 19.3 Å². The van der Waals surface area contributed by atoms with Crippen LogP contribution in [0.15, 0.2) is 55.1 Å². The van der Waals surface area contributed by atoms with Gasteiger partial charge in [0.05, 0.1) is 23.4 Å². The topological polar surface area (TPSA) is 144 Å². The molecule has 5 rings (SSSR count). The number of halogens is 4. The third-order valence-electron chi connectivity index (χ3n) is 6.11. The molecule has 1 aromatic carbocycles. The molecule has 1 unspecified atom stereocenters. The number of carbonyl (C=O) groups excluding carboxylic acids is 1. The normalized spacial score (nSPS) is 15.8. The van der Waals surface area contributed by atoms with Crippen LogP contribution in [0.25, 0.3) is 5.95 Å². The number of hydrogen-bond acceptors (Lipinski definition) is 9. The molecule has 1 amide bonds. The molecule has 1 atom stereocenters. The highest BCUT2D eigenvalue weighted by Gasteiger charge is 2.41. The van der Waals surface area contributed by atoms with Crippen LogP contribution in [0.5, 0.6) is 11.5 Å². The second kappa shape index (κ2) is 10.9. The molecule has 208 valence electrons. The summed E-state index contributed by atoms with van der Waals surface area (Å²) in [5.74, 6) is -2.21. The van der Waals surface area contributed by atoms with Gasteiger partial charge in [-0.1, -0.05) is 0 Å². The fourth-order valence-corrected chi connectivity index (χ4v) is 4.24. The van der Waals surface area contributed by atoms with Crippen molar-refractivity contribution in [3.05, 3.63) is 77.8 Å². The number of pyridine rings is 1. The van der Waals surface area contributed by atoms with Gasteiger partial charge in [-0.2, -0.15) is 23.0 Å². The van der Waals surface area contributed by atoms with Crippen molar-refractivity contribution in [1.82, 2.24) is 29.6 Å². The summed E-state index contributed by atoms with van der Waals surface area (Å²) >= 11 is 0. The van der Waals surface area contributed by atoms with Gasteiger partial charge >= 0.3 is 6.18 Å². The van der Waals surface area contributed by atoms with Crippen LogP contribution in [-0.2, 0) is 12.7 Å². The van der Waals surface area contributed by atoms with Gasteiger partial charge in [0, 0.05) is 50.0 Å². The summed E-state index contributed by atoms with van der Waals surface area (Å²) in [6.45, 7) is 1.42. The lowest BCUT2D eigenvalue weighted by Gasteiger charge is -2.19. The predicted octanol–water partition coefficient (Wildman–Crippen LogP) is 3.41. The first-order valence-corrected chi connectivity index (χ1v) is 12.0. The summed E-state index contributed by atoms with van der Waals surface area (Å²) in [6, 6.07) is 6.33.